The second-order valence-corrected chi connectivity index (χ2v) is 7.62. The number of methoxy groups -OCH3 is 3. The fraction of sp³-hybridized carbons (Fsp3) is 0.143. The first-order valence-electron chi connectivity index (χ1n) is 10.3. The first-order valence-corrected chi connectivity index (χ1v) is 10.3. The molecule has 154 valence electrons. The van der Waals surface area contributed by atoms with Gasteiger partial charge in [-0.15, -0.1) is 0 Å². The van der Waals surface area contributed by atoms with Crippen molar-refractivity contribution >= 4 is 0 Å². The van der Waals surface area contributed by atoms with Gasteiger partial charge in [0.05, 0.1) is 26.7 Å². The Kier molecular flexibility index (Phi) is 4.67. The van der Waals surface area contributed by atoms with Gasteiger partial charge in [-0.2, -0.15) is 0 Å². The third-order valence-electron chi connectivity index (χ3n) is 6.23. The van der Waals surface area contributed by atoms with Crippen LogP contribution in [-0.4, -0.2) is 21.3 Å². The van der Waals surface area contributed by atoms with E-state index >= 15 is 0 Å². The molecule has 4 aromatic carbocycles. The zero-order valence-electron chi connectivity index (χ0n) is 17.9. The van der Waals surface area contributed by atoms with Crippen molar-refractivity contribution in [2.75, 3.05) is 21.3 Å². The molecule has 5 rings (SSSR count). The Balaban J connectivity index is 2.04. The molecule has 1 aliphatic rings. The van der Waals surface area contributed by atoms with E-state index in [0.29, 0.717) is 0 Å². The Morgan fingerprint density at radius 1 is 0.516 bits per heavy atom. The van der Waals surface area contributed by atoms with Gasteiger partial charge in [-0.25, -0.2) is 0 Å². The Morgan fingerprint density at radius 2 is 1.10 bits per heavy atom. The molecule has 0 N–H and O–H groups in total. The van der Waals surface area contributed by atoms with Gasteiger partial charge in [0, 0.05) is 17.2 Å². The molecule has 1 aliphatic carbocycles. The fourth-order valence-corrected chi connectivity index (χ4v) is 5.03. The van der Waals surface area contributed by atoms with Crippen molar-refractivity contribution in [2.24, 2.45) is 0 Å². The van der Waals surface area contributed by atoms with Crippen LogP contribution in [0.2, 0.25) is 0 Å². The summed E-state index contributed by atoms with van der Waals surface area (Å²) < 4.78 is 17.5. The van der Waals surface area contributed by atoms with Crippen LogP contribution in [0.25, 0.3) is 11.1 Å². The van der Waals surface area contributed by atoms with Crippen LogP contribution in [-0.2, 0) is 5.41 Å². The molecule has 3 heteroatoms. The van der Waals surface area contributed by atoms with E-state index in [-0.39, 0.29) is 0 Å². The molecule has 0 saturated heterocycles. The summed E-state index contributed by atoms with van der Waals surface area (Å²) in [5, 5.41) is 0. The Hall–Kier alpha value is -3.72. The molecule has 0 fully saturated rings. The van der Waals surface area contributed by atoms with E-state index in [1.54, 1.807) is 21.3 Å². The third-order valence-corrected chi connectivity index (χ3v) is 6.23. The Morgan fingerprint density at radius 3 is 1.65 bits per heavy atom. The molecular weight excluding hydrogens is 384 g/mol. The highest BCUT2D eigenvalue weighted by Crippen LogP contribution is 2.61. The highest BCUT2D eigenvalue weighted by molar-refractivity contribution is 5.91. The van der Waals surface area contributed by atoms with Crippen molar-refractivity contribution in [3.63, 3.8) is 0 Å². The van der Waals surface area contributed by atoms with Crippen LogP contribution in [0.1, 0.15) is 22.3 Å². The molecule has 0 spiro atoms. The minimum atomic E-state index is -0.586. The average molecular weight is 408 g/mol. The quantitative estimate of drug-likeness (QED) is 0.353. The molecule has 0 unspecified atom stereocenters. The molecule has 0 amide bonds. The van der Waals surface area contributed by atoms with Crippen molar-refractivity contribution in [1.82, 2.24) is 0 Å². The largest absolute Gasteiger partial charge is 0.497 e. The Labute approximate surface area is 182 Å². The minimum absolute atomic E-state index is 0.586. The maximum atomic E-state index is 5.98. The fourth-order valence-electron chi connectivity index (χ4n) is 5.03. The summed E-state index contributed by atoms with van der Waals surface area (Å²) in [6.45, 7) is 0. The van der Waals surface area contributed by atoms with E-state index in [1.165, 1.54) is 0 Å². The van der Waals surface area contributed by atoms with Gasteiger partial charge >= 0.3 is 0 Å². The lowest BCUT2D eigenvalue weighted by molar-refractivity contribution is 0.387. The van der Waals surface area contributed by atoms with Crippen LogP contribution in [0.5, 0.6) is 17.2 Å². The van der Waals surface area contributed by atoms with Gasteiger partial charge in [-0.3, -0.25) is 0 Å². The number of rotatable bonds is 5. The normalized spacial score (nSPS) is 13.3. The molecule has 0 saturated carbocycles. The highest BCUT2D eigenvalue weighted by Gasteiger charge is 2.50. The monoisotopic (exact) mass is 408 g/mol. The molecule has 0 aromatic heterocycles. The summed E-state index contributed by atoms with van der Waals surface area (Å²) in [6, 6.07) is 31.5. The van der Waals surface area contributed by atoms with E-state index in [2.05, 4.69) is 60.7 Å². The predicted octanol–water partition coefficient (Wildman–Crippen LogP) is 6.08. The lowest BCUT2D eigenvalue weighted by atomic mass is 9.67. The number of hydrogen-bond acceptors (Lipinski definition) is 3. The summed E-state index contributed by atoms with van der Waals surface area (Å²) in [4.78, 5) is 0. The average Bonchev–Trinajstić information content (AvgIpc) is 3.16. The van der Waals surface area contributed by atoms with E-state index < -0.39 is 5.41 Å². The van der Waals surface area contributed by atoms with Crippen LogP contribution < -0.4 is 14.2 Å². The number of fused-ring (bicyclic) bond motifs is 3. The Bertz CT molecular complexity index is 1190. The number of benzene rings is 4. The summed E-state index contributed by atoms with van der Waals surface area (Å²) >= 11 is 0. The zero-order valence-corrected chi connectivity index (χ0v) is 17.9. The standard InChI is InChI=1S/C28H24O3/c1-29-21-17-23-22-15-10-16-24(30-2)26(22)28(19-11-6-4-7-12-19,20-13-8-5-9-14-20)27(23)25(18-21)31-3/h4-18H,1-3H3. The van der Waals surface area contributed by atoms with Crippen LogP contribution in [0.3, 0.4) is 0 Å². The van der Waals surface area contributed by atoms with Gasteiger partial charge in [-0.1, -0.05) is 72.8 Å². The number of ether oxygens (including phenoxy) is 3. The van der Waals surface area contributed by atoms with E-state index in [1.807, 2.05) is 30.3 Å². The minimum Gasteiger partial charge on any atom is -0.497 e. The second kappa shape index (κ2) is 7.51. The topological polar surface area (TPSA) is 27.7 Å². The van der Waals surface area contributed by atoms with Crippen LogP contribution in [0.4, 0.5) is 0 Å². The summed E-state index contributed by atoms with van der Waals surface area (Å²) in [5.41, 5.74) is 6.18. The van der Waals surface area contributed by atoms with Crippen molar-refractivity contribution in [3.05, 3.63) is 113 Å². The molecule has 31 heavy (non-hydrogen) atoms. The van der Waals surface area contributed by atoms with E-state index in [9.17, 15) is 0 Å². The first kappa shape index (κ1) is 19.3. The van der Waals surface area contributed by atoms with Gasteiger partial charge < -0.3 is 14.2 Å². The maximum Gasteiger partial charge on any atom is 0.127 e. The lowest BCUT2D eigenvalue weighted by Crippen LogP contribution is -2.29. The van der Waals surface area contributed by atoms with Gasteiger partial charge in [0.1, 0.15) is 17.2 Å². The molecule has 4 aromatic rings. The molecule has 0 radical (unpaired) electrons. The molecule has 3 nitrogen and oxygen atoms in total. The molecule has 0 aliphatic heterocycles. The predicted molar refractivity (Wildman–Crippen MR) is 123 cm³/mol. The maximum absolute atomic E-state index is 5.98. The smallest absolute Gasteiger partial charge is 0.127 e. The van der Waals surface area contributed by atoms with Crippen molar-refractivity contribution in [3.8, 4) is 28.4 Å². The number of hydrogen-bond donors (Lipinski definition) is 0. The first-order chi connectivity index (χ1) is 15.2. The zero-order chi connectivity index (χ0) is 21.4. The van der Waals surface area contributed by atoms with Crippen LogP contribution in [0, 0.1) is 0 Å². The van der Waals surface area contributed by atoms with Crippen LogP contribution in [0.15, 0.2) is 91.0 Å². The molecule has 0 heterocycles. The molecule has 0 bridgehead atoms. The van der Waals surface area contributed by atoms with Crippen molar-refractivity contribution in [2.45, 2.75) is 5.41 Å². The van der Waals surface area contributed by atoms with Gasteiger partial charge in [0.15, 0.2) is 0 Å². The second-order valence-electron chi connectivity index (χ2n) is 7.62. The molecular formula is C28H24O3. The van der Waals surface area contributed by atoms with Gasteiger partial charge in [0.2, 0.25) is 0 Å². The van der Waals surface area contributed by atoms with E-state index in [4.69, 9.17) is 14.2 Å². The van der Waals surface area contributed by atoms with Gasteiger partial charge in [-0.05, 0) is 34.4 Å². The van der Waals surface area contributed by atoms with Gasteiger partial charge in [0.25, 0.3) is 0 Å². The SMILES string of the molecule is COc1cc(OC)c2c(c1)-c1cccc(OC)c1C2(c1ccccc1)c1ccccc1. The summed E-state index contributed by atoms with van der Waals surface area (Å²) in [6.07, 6.45) is 0. The van der Waals surface area contributed by atoms with Crippen molar-refractivity contribution < 1.29 is 14.2 Å². The summed E-state index contributed by atoms with van der Waals surface area (Å²) in [5.74, 6) is 2.41. The molecule has 0 atom stereocenters. The third kappa shape index (κ3) is 2.66. The summed E-state index contributed by atoms with van der Waals surface area (Å²) in [7, 11) is 5.14. The highest BCUT2D eigenvalue weighted by atomic mass is 16.5. The van der Waals surface area contributed by atoms with Crippen molar-refractivity contribution in [1.29, 1.82) is 0 Å². The van der Waals surface area contributed by atoms with E-state index in [0.717, 1.165) is 50.6 Å². The lowest BCUT2D eigenvalue weighted by Gasteiger charge is -2.35. The van der Waals surface area contributed by atoms with Crippen LogP contribution >= 0.6 is 0 Å².